The van der Waals surface area contributed by atoms with Crippen LogP contribution in [0.15, 0.2) is 42.5 Å². The number of alkyl halides is 3. The summed E-state index contributed by atoms with van der Waals surface area (Å²) >= 11 is 5.65. The van der Waals surface area contributed by atoms with E-state index < -0.39 is 17.6 Å². The molecule has 0 heterocycles. The van der Waals surface area contributed by atoms with Crippen LogP contribution in [-0.2, 0) is 12.7 Å². The highest BCUT2D eigenvalue weighted by atomic mass is 35.5. The van der Waals surface area contributed by atoms with Crippen LogP contribution in [0.3, 0.4) is 0 Å². The first-order valence-electron chi connectivity index (χ1n) is 5.71. The summed E-state index contributed by atoms with van der Waals surface area (Å²) in [5, 5.41) is 2.70. The molecule has 2 aromatic carbocycles. The zero-order valence-electron chi connectivity index (χ0n) is 10.1. The summed E-state index contributed by atoms with van der Waals surface area (Å²) in [6.45, 7) is 0.0737. The molecule has 6 heteroatoms. The molecule has 0 saturated heterocycles. The minimum atomic E-state index is -4.47. The van der Waals surface area contributed by atoms with Gasteiger partial charge in [-0.25, -0.2) is 4.39 Å². The van der Waals surface area contributed by atoms with E-state index in [0.717, 1.165) is 12.1 Å². The number of hydrogen-bond acceptors (Lipinski definition) is 1. The summed E-state index contributed by atoms with van der Waals surface area (Å²) in [6, 6.07) is 9.17. The van der Waals surface area contributed by atoms with E-state index in [1.165, 1.54) is 12.1 Å². The Morgan fingerprint density at radius 3 is 2.40 bits per heavy atom. The maximum atomic E-state index is 13.4. The Bertz CT molecular complexity index is 610. The Kier molecular flexibility index (Phi) is 4.18. The maximum absolute atomic E-state index is 13.4. The summed E-state index contributed by atoms with van der Waals surface area (Å²) in [5.41, 5.74) is -0.296. The molecule has 0 bridgehead atoms. The Hall–Kier alpha value is -1.75. The fourth-order valence-corrected chi connectivity index (χ4v) is 1.93. The first-order chi connectivity index (χ1) is 9.36. The number of anilines is 1. The molecular formula is C14H10ClF4N. The second-order valence-corrected chi connectivity index (χ2v) is 4.61. The summed E-state index contributed by atoms with van der Waals surface area (Å²) in [6.07, 6.45) is -4.47. The van der Waals surface area contributed by atoms with E-state index in [-0.39, 0.29) is 17.3 Å². The van der Waals surface area contributed by atoms with Crippen LogP contribution in [0.25, 0.3) is 0 Å². The highest BCUT2D eigenvalue weighted by Crippen LogP contribution is 2.33. The molecule has 20 heavy (non-hydrogen) atoms. The second-order valence-electron chi connectivity index (χ2n) is 4.17. The van der Waals surface area contributed by atoms with Crippen molar-refractivity contribution in [1.82, 2.24) is 0 Å². The number of halogens is 5. The molecule has 0 aromatic heterocycles. The van der Waals surface area contributed by atoms with Crippen molar-refractivity contribution in [3.8, 4) is 0 Å². The molecule has 0 amide bonds. The summed E-state index contributed by atoms with van der Waals surface area (Å²) in [7, 11) is 0. The lowest BCUT2D eigenvalue weighted by Crippen LogP contribution is -2.07. The van der Waals surface area contributed by atoms with Gasteiger partial charge in [0.2, 0.25) is 0 Å². The van der Waals surface area contributed by atoms with Gasteiger partial charge in [-0.1, -0.05) is 29.8 Å². The molecule has 0 radical (unpaired) electrons. The van der Waals surface area contributed by atoms with Gasteiger partial charge in [-0.2, -0.15) is 13.2 Å². The van der Waals surface area contributed by atoms with Crippen molar-refractivity contribution in [2.45, 2.75) is 12.7 Å². The third-order valence-electron chi connectivity index (χ3n) is 2.67. The highest BCUT2D eigenvalue weighted by Gasteiger charge is 2.31. The van der Waals surface area contributed by atoms with E-state index in [4.69, 9.17) is 11.6 Å². The van der Waals surface area contributed by atoms with Crippen LogP contribution in [0.1, 0.15) is 11.1 Å². The topological polar surface area (TPSA) is 12.0 Å². The summed E-state index contributed by atoms with van der Waals surface area (Å²) < 4.78 is 51.3. The van der Waals surface area contributed by atoms with Crippen molar-refractivity contribution in [2.75, 3.05) is 5.32 Å². The lowest BCUT2D eigenvalue weighted by atomic mass is 10.1. The van der Waals surface area contributed by atoms with Gasteiger partial charge in [0.05, 0.1) is 5.56 Å². The van der Waals surface area contributed by atoms with Crippen LogP contribution in [0.4, 0.5) is 23.2 Å². The van der Waals surface area contributed by atoms with Crippen molar-refractivity contribution < 1.29 is 17.6 Å². The molecule has 0 saturated carbocycles. The van der Waals surface area contributed by atoms with Crippen LogP contribution in [0, 0.1) is 5.82 Å². The molecule has 0 atom stereocenters. The van der Waals surface area contributed by atoms with Gasteiger partial charge < -0.3 is 5.32 Å². The molecule has 2 aromatic rings. The average Bonchev–Trinajstić information content (AvgIpc) is 2.36. The minimum absolute atomic E-state index is 0.0316. The van der Waals surface area contributed by atoms with Gasteiger partial charge >= 0.3 is 6.18 Å². The van der Waals surface area contributed by atoms with Gasteiger partial charge in [0.15, 0.2) is 0 Å². The van der Waals surface area contributed by atoms with Crippen LogP contribution in [0.5, 0.6) is 0 Å². The summed E-state index contributed by atoms with van der Waals surface area (Å²) in [4.78, 5) is 0. The largest absolute Gasteiger partial charge is 0.416 e. The first kappa shape index (κ1) is 14.7. The molecule has 106 valence electrons. The van der Waals surface area contributed by atoms with Crippen molar-refractivity contribution in [3.05, 3.63) is 64.4 Å². The third kappa shape index (κ3) is 3.63. The fraction of sp³-hybridized carbons (Fsp3) is 0.143. The van der Waals surface area contributed by atoms with Crippen LogP contribution >= 0.6 is 11.6 Å². The lowest BCUT2D eigenvalue weighted by Gasteiger charge is -2.12. The molecule has 2 rings (SSSR count). The Balaban J connectivity index is 2.18. The normalized spacial score (nSPS) is 11.4. The van der Waals surface area contributed by atoms with E-state index in [2.05, 4.69) is 5.32 Å². The van der Waals surface area contributed by atoms with E-state index in [1.807, 2.05) is 0 Å². The zero-order valence-corrected chi connectivity index (χ0v) is 10.9. The van der Waals surface area contributed by atoms with Gasteiger partial charge in [0.1, 0.15) is 5.82 Å². The molecule has 0 fully saturated rings. The molecule has 0 aliphatic rings. The molecule has 0 aliphatic heterocycles. The van der Waals surface area contributed by atoms with E-state index in [0.29, 0.717) is 5.56 Å². The number of rotatable bonds is 3. The fourth-order valence-electron chi connectivity index (χ4n) is 1.69. The predicted molar refractivity (Wildman–Crippen MR) is 70.2 cm³/mol. The molecule has 1 nitrogen and oxygen atoms in total. The molecular weight excluding hydrogens is 294 g/mol. The molecule has 1 N–H and O–H groups in total. The van der Waals surface area contributed by atoms with Gasteiger partial charge in [-0.15, -0.1) is 0 Å². The van der Waals surface area contributed by atoms with Gasteiger partial charge in [-0.05, 0) is 24.3 Å². The Morgan fingerprint density at radius 1 is 1.05 bits per heavy atom. The van der Waals surface area contributed by atoms with Crippen LogP contribution in [0.2, 0.25) is 5.02 Å². The van der Waals surface area contributed by atoms with E-state index in [9.17, 15) is 17.6 Å². The summed E-state index contributed by atoms with van der Waals surface area (Å²) in [5.74, 6) is -0.418. The number of benzene rings is 2. The third-order valence-corrected chi connectivity index (χ3v) is 2.88. The first-order valence-corrected chi connectivity index (χ1v) is 6.09. The van der Waals surface area contributed by atoms with E-state index >= 15 is 0 Å². The molecule has 0 unspecified atom stereocenters. The number of nitrogens with one attached hydrogen (secondary N) is 1. The Labute approximate surface area is 118 Å². The maximum Gasteiger partial charge on any atom is 0.416 e. The average molecular weight is 304 g/mol. The molecule has 0 aliphatic carbocycles. The monoisotopic (exact) mass is 303 g/mol. The number of hydrogen-bond donors (Lipinski definition) is 1. The van der Waals surface area contributed by atoms with E-state index in [1.54, 1.807) is 18.2 Å². The van der Waals surface area contributed by atoms with Crippen LogP contribution < -0.4 is 5.32 Å². The standard InChI is InChI=1S/C14H10ClF4N/c15-11-5-10(14(17,18)19)6-12(7-11)20-8-9-3-1-2-4-13(9)16/h1-7,20H,8H2. The molecule has 0 spiro atoms. The smallest absolute Gasteiger partial charge is 0.381 e. The lowest BCUT2D eigenvalue weighted by molar-refractivity contribution is -0.137. The Morgan fingerprint density at radius 2 is 1.75 bits per heavy atom. The van der Waals surface area contributed by atoms with Crippen molar-refractivity contribution in [2.24, 2.45) is 0 Å². The van der Waals surface area contributed by atoms with Gasteiger partial charge in [0, 0.05) is 22.8 Å². The second kappa shape index (κ2) is 5.71. The van der Waals surface area contributed by atoms with Crippen molar-refractivity contribution >= 4 is 17.3 Å². The quantitative estimate of drug-likeness (QED) is 0.777. The SMILES string of the molecule is Fc1ccccc1CNc1cc(Cl)cc(C(F)(F)F)c1. The predicted octanol–water partition coefficient (Wildman–Crippen LogP) is 5.11. The zero-order chi connectivity index (χ0) is 14.8. The van der Waals surface area contributed by atoms with Crippen molar-refractivity contribution in [1.29, 1.82) is 0 Å². The minimum Gasteiger partial charge on any atom is -0.381 e. The van der Waals surface area contributed by atoms with Crippen LogP contribution in [-0.4, -0.2) is 0 Å². The highest BCUT2D eigenvalue weighted by molar-refractivity contribution is 6.30. The van der Waals surface area contributed by atoms with Gasteiger partial charge in [0.25, 0.3) is 0 Å². The van der Waals surface area contributed by atoms with Gasteiger partial charge in [-0.3, -0.25) is 0 Å². The van der Waals surface area contributed by atoms with Crippen molar-refractivity contribution in [3.63, 3.8) is 0 Å².